The molecule has 0 radical (unpaired) electrons. The normalized spacial score (nSPS) is 15.4. The first-order valence-electron chi connectivity index (χ1n) is 5.95. The molecule has 0 nitrogen and oxygen atoms in total. The van der Waals surface area contributed by atoms with Gasteiger partial charge >= 0.3 is 0 Å². The van der Waals surface area contributed by atoms with Crippen LogP contribution in [0.1, 0.15) is 37.0 Å². The molecule has 1 aliphatic carbocycles. The lowest BCUT2D eigenvalue weighted by Crippen LogP contribution is -2.19. The van der Waals surface area contributed by atoms with Crippen molar-refractivity contribution < 1.29 is 0 Å². The van der Waals surface area contributed by atoms with Crippen molar-refractivity contribution in [2.75, 3.05) is 0 Å². The summed E-state index contributed by atoms with van der Waals surface area (Å²) >= 11 is 0. The zero-order valence-corrected chi connectivity index (χ0v) is 10.7. The molecule has 16 heavy (non-hydrogen) atoms. The van der Waals surface area contributed by atoms with E-state index >= 15 is 0 Å². The van der Waals surface area contributed by atoms with E-state index in [0.29, 0.717) is 0 Å². The van der Waals surface area contributed by atoms with Gasteiger partial charge in [0.1, 0.15) is 0 Å². The minimum Gasteiger partial charge on any atom is -0.0804 e. The van der Waals surface area contributed by atoms with Crippen molar-refractivity contribution in [2.24, 2.45) is 0 Å². The van der Waals surface area contributed by atoms with Crippen molar-refractivity contribution in [3.63, 3.8) is 0 Å². The van der Waals surface area contributed by atoms with E-state index in [1.807, 2.05) is 0 Å². The van der Waals surface area contributed by atoms with Crippen LogP contribution in [-0.2, 0) is 5.41 Å². The summed E-state index contributed by atoms with van der Waals surface area (Å²) in [5.41, 5.74) is 5.81. The minimum atomic E-state index is 0.153. The van der Waals surface area contributed by atoms with Gasteiger partial charge in [0.05, 0.1) is 0 Å². The highest BCUT2D eigenvalue weighted by molar-refractivity contribution is 5.42. The molecule has 0 amide bonds. The van der Waals surface area contributed by atoms with Crippen LogP contribution in [-0.4, -0.2) is 0 Å². The van der Waals surface area contributed by atoms with E-state index < -0.39 is 0 Å². The fourth-order valence-electron chi connectivity index (χ4n) is 2.43. The predicted octanol–water partition coefficient (Wildman–Crippen LogP) is 4.47. The van der Waals surface area contributed by atoms with Gasteiger partial charge in [0.25, 0.3) is 0 Å². The van der Waals surface area contributed by atoms with Gasteiger partial charge in [-0.15, -0.1) is 0 Å². The SMILES string of the molecule is Cc1cc(C)cc(C(C)(C)C2=CC=CC2)c1. The molecule has 0 spiro atoms. The second kappa shape index (κ2) is 3.93. The highest BCUT2D eigenvalue weighted by atomic mass is 14.3. The molecule has 0 bridgehead atoms. The molecule has 1 aromatic carbocycles. The number of allylic oxidation sites excluding steroid dienone is 4. The molecule has 0 atom stereocenters. The monoisotopic (exact) mass is 212 g/mol. The largest absolute Gasteiger partial charge is 0.0804 e. The van der Waals surface area contributed by atoms with Gasteiger partial charge in [-0.1, -0.05) is 67.0 Å². The Morgan fingerprint density at radius 2 is 1.62 bits per heavy atom. The molecule has 2 rings (SSSR count). The lowest BCUT2D eigenvalue weighted by atomic mass is 9.76. The maximum Gasteiger partial charge on any atom is 0.0111 e. The van der Waals surface area contributed by atoms with Crippen molar-refractivity contribution in [3.05, 3.63) is 58.7 Å². The van der Waals surface area contributed by atoms with Gasteiger partial charge in [-0.25, -0.2) is 0 Å². The second-order valence-electron chi connectivity index (χ2n) is 5.33. The van der Waals surface area contributed by atoms with Gasteiger partial charge in [-0.3, -0.25) is 0 Å². The van der Waals surface area contributed by atoms with E-state index in [4.69, 9.17) is 0 Å². The van der Waals surface area contributed by atoms with Crippen LogP contribution < -0.4 is 0 Å². The zero-order valence-electron chi connectivity index (χ0n) is 10.7. The number of hydrogen-bond acceptors (Lipinski definition) is 0. The van der Waals surface area contributed by atoms with E-state index in [-0.39, 0.29) is 5.41 Å². The Labute approximate surface area is 98.7 Å². The van der Waals surface area contributed by atoms with Crippen molar-refractivity contribution in [3.8, 4) is 0 Å². The molecule has 0 fully saturated rings. The van der Waals surface area contributed by atoms with Gasteiger partial charge < -0.3 is 0 Å². The second-order valence-corrected chi connectivity index (χ2v) is 5.33. The summed E-state index contributed by atoms with van der Waals surface area (Å²) in [5.74, 6) is 0. The van der Waals surface area contributed by atoms with Crippen molar-refractivity contribution in [1.29, 1.82) is 0 Å². The van der Waals surface area contributed by atoms with Crippen LogP contribution in [0.15, 0.2) is 42.0 Å². The summed E-state index contributed by atoms with van der Waals surface area (Å²) in [7, 11) is 0. The molecule has 0 saturated carbocycles. The third kappa shape index (κ3) is 1.97. The van der Waals surface area contributed by atoms with Crippen molar-refractivity contribution in [1.82, 2.24) is 0 Å². The Balaban J connectivity index is 2.42. The highest BCUT2D eigenvalue weighted by Gasteiger charge is 2.25. The van der Waals surface area contributed by atoms with E-state index in [0.717, 1.165) is 6.42 Å². The Kier molecular flexibility index (Phi) is 2.75. The van der Waals surface area contributed by atoms with E-state index in [2.05, 4.69) is 64.1 Å². The molecular weight excluding hydrogens is 192 g/mol. The molecule has 84 valence electrons. The maximum absolute atomic E-state index is 2.32. The van der Waals surface area contributed by atoms with Gasteiger partial charge in [0.15, 0.2) is 0 Å². The summed E-state index contributed by atoms with van der Waals surface area (Å²) in [6.07, 6.45) is 7.76. The van der Waals surface area contributed by atoms with Gasteiger partial charge in [0.2, 0.25) is 0 Å². The Hall–Kier alpha value is -1.30. The molecule has 0 saturated heterocycles. The average Bonchev–Trinajstić information content (AvgIpc) is 2.69. The van der Waals surface area contributed by atoms with E-state index in [9.17, 15) is 0 Å². The van der Waals surface area contributed by atoms with Crippen LogP contribution in [0.4, 0.5) is 0 Å². The molecule has 1 aliphatic rings. The van der Waals surface area contributed by atoms with Crippen LogP contribution in [0.3, 0.4) is 0 Å². The molecule has 0 aromatic heterocycles. The predicted molar refractivity (Wildman–Crippen MR) is 70.8 cm³/mol. The standard InChI is InChI=1S/C16H20/c1-12-9-13(2)11-15(10-12)16(3,4)14-7-5-6-8-14/h5-7,9-11H,8H2,1-4H3. The quantitative estimate of drug-likeness (QED) is 0.678. The third-order valence-electron chi connectivity index (χ3n) is 3.52. The molecular formula is C16H20. The summed E-state index contributed by atoms with van der Waals surface area (Å²) in [5, 5.41) is 0. The molecule has 0 N–H and O–H groups in total. The van der Waals surface area contributed by atoms with Crippen LogP contribution in [0.2, 0.25) is 0 Å². The minimum absolute atomic E-state index is 0.153. The molecule has 0 unspecified atom stereocenters. The Morgan fingerprint density at radius 3 is 2.12 bits per heavy atom. The summed E-state index contributed by atoms with van der Waals surface area (Å²) in [6.45, 7) is 8.99. The first-order chi connectivity index (χ1) is 7.50. The van der Waals surface area contributed by atoms with Gasteiger partial charge in [-0.05, 0) is 25.8 Å². The summed E-state index contributed by atoms with van der Waals surface area (Å²) in [4.78, 5) is 0. The first-order valence-corrected chi connectivity index (χ1v) is 5.95. The molecule has 0 aliphatic heterocycles. The van der Waals surface area contributed by atoms with Crippen molar-refractivity contribution >= 4 is 0 Å². The smallest absolute Gasteiger partial charge is 0.0111 e. The first kappa shape index (κ1) is 11.2. The Morgan fingerprint density at radius 1 is 1.00 bits per heavy atom. The number of rotatable bonds is 2. The highest BCUT2D eigenvalue weighted by Crippen LogP contribution is 2.36. The van der Waals surface area contributed by atoms with Gasteiger partial charge in [-0.2, -0.15) is 0 Å². The van der Waals surface area contributed by atoms with E-state index in [1.165, 1.54) is 22.3 Å². The number of aryl methyl sites for hydroxylation is 2. The van der Waals surface area contributed by atoms with Crippen LogP contribution >= 0.6 is 0 Å². The molecule has 0 heterocycles. The van der Waals surface area contributed by atoms with Crippen LogP contribution in [0, 0.1) is 13.8 Å². The summed E-state index contributed by atoms with van der Waals surface area (Å²) < 4.78 is 0. The third-order valence-corrected chi connectivity index (χ3v) is 3.52. The molecule has 0 heteroatoms. The Bertz CT molecular complexity index is 439. The average molecular weight is 212 g/mol. The fourth-order valence-corrected chi connectivity index (χ4v) is 2.43. The number of benzene rings is 1. The maximum atomic E-state index is 2.32. The lowest BCUT2D eigenvalue weighted by Gasteiger charge is -2.28. The molecule has 1 aromatic rings. The van der Waals surface area contributed by atoms with Crippen LogP contribution in [0.5, 0.6) is 0 Å². The fraction of sp³-hybridized carbons (Fsp3) is 0.375. The number of hydrogen-bond donors (Lipinski definition) is 0. The zero-order chi connectivity index (χ0) is 11.8. The van der Waals surface area contributed by atoms with Crippen LogP contribution in [0.25, 0.3) is 0 Å². The van der Waals surface area contributed by atoms with Crippen molar-refractivity contribution in [2.45, 2.75) is 39.5 Å². The van der Waals surface area contributed by atoms with E-state index in [1.54, 1.807) is 0 Å². The topological polar surface area (TPSA) is 0 Å². The summed E-state index contributed by atoms with van der Waals surface area (Å²) in [6, 6.07) is 6.86. The van der Waals surface area contributed by atoms with Gasteiger partial charge in [0, 0.05) is 5.41 Å². The lowest BCUT2D eigenvalue weighted by molar-refractivity contribution is 0.612.